The van der Waals surface area contributed by atoms with E-state index in [1.54, 1.807) is 11.8 Å². The summed E-state index contributed by atoms with van der Waals surface area (Å²) in [7, 11) is 0. The van der Waals surface area contributed by atoms with Gasteiger partial charge in [0.25, 0.3) is 0 Å². The first-order valence-corrected chi connectivity index (χ1v) is 6.22. The third-order valence-electron chi connectivity index (χ3n) is 2.45. The van der Waals surface area contributed by atoms with Crippen LogP contribution in [0.4, 0.5) is 5.69 Å². The predicted molar refractivity (Wildman–Crippen MR) is 70.8 cm³/mol. The van der Waals surface area contributed by atoms with Crippen molar-refractivity contribution in [3.05, 3.63) is 54.1 Å². The standard InChI is InChI=1S/C14H15NS/c1-2-11-3-7-13(8-4-11)16-14-9-5-12(15)6-10-14/h3-10H,2,15H2,1H3. The summed E-state index contributed by atoms with van der Waals surface area (Å²) in [5.74, 6) is 0. The average Bonchev–Trinajstić information content (AvgIpc) is 2.33. The number of benzene rings is 2. The van der Waals surface area contributed by atoms with Gasteiger partial charge in [-0.1, -0.05) is 30.8 Å². The third kappa shape index (κ3) is 2.80. The molecule has 0 fully saturated rings. The van der Waals surface area contributed by atoms with Crippen molar-refractivity contribution in [3.63, 3.8) is 0 Å². The van der Waals surface area contributed by atoms with E-state index in [9.17, 15) is 0 Å². The van der Waals surface area contributed by atoms with Gasteiger partial charge in [0.15, 0.2) is 0 Å². The van der Waals surface area contributed by atoms with Crippen LogP contribution < -0.4 is 5.73 Å². The van der Waals surface area contributed by atoms with Gasteiger partial charge in [0, 0.05) is 15.5 Å². The largest absolute Gasteiger partial charge is 0.399 e. The Morgan fingerprint density at radius 1 is 0.875 bits per heavy atom. The fourth-order valence-corrected chi connectivity index (χ4v) is 2.28. The SMILES string of the molecule is CCc1ccc(Sc2ccc(N)cc2)cc1. The maximum Gasteiger partial charge on any atom is 0.0314 e. The lowest BCUT2D eigenvalue weighted by atomic mass is 10.2. The van der Waals surface area contributed by atoms with Crippen molar-refractivity contribution in [2.24, 2.45) is 0 Å². The second kappa shape index (κ2) is 5.08. The molecule has 2 aromatic carbocycles. The van der Waals surface area contributed by atoms with Gasteiger partial charge in [-0.3, -0.25) is 0 Å². The van der Waals surface area contributed by atoms with Crippen LogP contribution in [-0.2, 0) is 6.42 Å². The number of rotatable bonds is 3. The Labute approximate surface area is 101 Å². The molecule has 2 N–H and O–H groups in total. The Balaban J connectivity index is 2.11. The molecule has 1 nitrogen and oxygen atoms in total. The minimum Gasteiger partial charge on any atom is -0.399 e. The van der Waals surface area contributed by atoms with Crippen LogP contribution in [0, 0.1) is 0 Å². The molecule has 0 saturated heterocycles. The highest BCUT2D eigenvalue weighted by Crippen LogP contribution is 2.28. The number of anilines is 1. The minimum absolute atomic E-state index is 0.811. The van der Waals surface area contributed by atoms with Gasteiger partial charge in [-0.05, 0) is 48.4 Å². The lowest BCUT2D eigenvalue weighted by Crippen LogP contribution is -1.83. The Hall–Kier alpha value is -1.41. The van der Waals surface area contributed by atoms with Gasteiger partial charge in [0.05, 0.1) is 0 Å². The quantitative estimate of drug-likeness (QED) is 0.805. The Morgan fingerprint density at radius 2 is 1.38 bits per heavy atom. The van der Waals surface area contributed by atoms with Crippen molar-refractivity contribution in [2.45, 2.75) is 23.1 Å². The molecular formula is C14H15NS. The topological polar surface area (TPSA) is 26.0 Å². The first-order chi connectivity index (χ1) is 7.78. The van der Waals surface area contributed by atoms with Crippen molar-refractivity contribution in [3.8, 4) is 0 Å². The third-order valence-corrected chi connectivity index (χ3v) is 3.46. The number of aryl methyl sites for hydroxylation is 1. The average molecular weight is 229 g/mol. The summed E-state index contributed by atoms with van der Waals surface area (Å²) in [6.07, 6.45) is 1.09. The van der Waals surface area contributed by atoms with Crippen molar-refractivity contribution >= 4 is 17.4 Å². The van der Waals surface area contributed by atoms with E-state index < -0.39 is 0 Å². The van der Waals surface area contributed by atoms with E-state index in [1.165, 1.54) is 15.4 Å². The number of nitrogens with two attached hydrogens (primary N) is 1. The molecule has 0 bridgehead atoms. The molecule has 0 unspecified atom stereocenters. The predicted octanol–water partition coefficient (Wildman–Crippen LogP) is 3.98. The van der Waals surface area contributed by atoms with Gasteiger partial charge < -0.3 is 5.73 Å². The summed E-state index contributed by atoms with van der Waals surface area (Å²) >= 11 is 1.76. The Kier molecular flexibility index (Phi) is 3.52. The first kappa shape index (κ1) is 11.1. The molecule has 0 spiro atoms. The first-order valence-electron chi connectivity index (χ1n) is 5.40. The van der Waals surface area contributed by atoms with Crippen LogP contribution in [0.15, 0.2) is 58.3 Å². The van der Waals surface area contributed by atoms with Gasteiger partial charge in [0.2, 0.25) is 0 Å². The second-order valence-electron chi connectivity index (χ2n) is 3.67. The smallest absolute Gasteiger partial charge is 0.0314 e. The maximum atomic E-state index is 5.65. The van der Waals surface area contributed by atoms with Crippen molar-refractivity contribution in [2.75, 3.05) is 5.73 Å². The second-order valence-corrected chi connectivity index (χ2v) is 4.82. The monoisotopic (exact) mass is 229 g/mol. The lowest BCUT2D eigenvalue weighted by Gasteiger charge is -2.03. The van der Waals surface area contributed by atoms with Crippen molar-refractivity contribution < 1.29 is 0 Å². The molecule has 2 rings (SSSR count). The molecule has 2 aromatic rings. The van der Waals surface area contributed by atoms with Gasteiger partial charge in [-0.2, -0.15) is 0 Å². The van der Waals surface area contributed by atoms with Crippen molar-refractivity contribution in [1.29, 1.82) is 0 Å². The Bertz CT molecular complexity index is 445. The molecule has 16 heavy (non-hydrogen) atoms. The van der Waals surface area contributed by atoms with E-state index in [0.29, 0.717) is 0 Å². The minimum atomic E-state index is 0.811. The molecule has 0 radical (unpaired) electrons. The normalized spacial score (nSPS) is 10.3. The number of hydrogen-bond donors (Lipinski definition) is 1. The molecule has 0 amide bonds. The molecular weight excluding hydrogens is 214 g/mol. The maximum absolute atomic E-state index is 5.65. The molecule has 0 saturated carbocycles. The molecule has 0 aliphatic carbocycles. The fourth-order valence-electron chi connectivity index (χ4n) is 1.47. The molecule has 0 atom stereocenters. The van der Waals surface area contributed by atoms with Gasteiger partial charge in [-0.25, -0.2) is 0 Å². The van der Waals surface area contributed by atoms with Crippen molar-refractivity contribution in [1.82, 2.24) is 0 Å². The summed E-state index contributed by atoms with van der Waals surface area (Å²) in [5.41, 5.74) is 7.84. The molecule has 0 aliphatic heterocycles. The molecule has 82 valence electrons. The zero-order valence-corrected chi connectivity index (χ0v) is 10.1. The van der Waals surface area contributed by atoms with E-state index in [2.05, 4.69) is 31.2 Å². The van der Waals surface area contributed by atoms with Crippen LogP contribution in [0.2, 0.25) is 0 Å². The van der Waals surface area contributed by atoms with E-state index >= 15 is 0 Å². The Morgan fingerprint density at radius 3 is 1.88 bits per heavy atom. The zero-order valence-electron chi connectivity index (χ0n) is 9.31. The molecule has 2 heteroatoms. The van der Waals surface area contributed by atoms with Gasteiger partial charge in [0.1, 0.15) is 0 Å². The highest BCUT2D eigenvalue weighted by atomic mass is 32.2. The van der Waals surface area contributed by atoms with E-state index in [-0.39, 0.29) is 0 Å². The fraction of sp³-hybridized carbons (Fsp3) is 0.143. The number of hydrogen-bond acceptors (Lipinski definition) is 2. The highest BCUT2D eigenvalue weighted by Gasteiger charge is 1.97. The number of nitrogen functional groups attached to an aromatic ring is 1. The molecule has 0 aromatic heterocycles. The van der Waals surface area contributed by atoms with Crippen LogP contribution in [0.1, 0.15) is 12.5 Å². The van der Waals surface area contributed by atoms with E-state index in [4.69, 9.17) is 5.73 Å². The molecule has 0 aliphatic rings. The van der Waals surface area contributed by atoms with Crippen LogP contribution >= 0.6 is 11.8 Å². The van der Waals surface area contributed by atoms with Crippen LogP contribution in [0.3, 0.4) is 0 Å². The summed E-state index contributed by atoms with van der Waals surface area (Å²) in [5, 5.41) is 0. The summed E-state index contributed by atoms with van der Waals surface area (Å²) in [6.45, 7) is 2.17. The van der Waals surface area contributed by atoms with Crippen LogP contribution in [0.25, 0.3) is 0 Å². The van der Waals surface area contributed by atoms with Gasteiger partial charge in [-0.15, -0.1) is 0 Å². The lowest BCUT2D eigenvalue weighted by molar-refractivity contribution is 1.13. The van der Waals surface area contributed by atoms with Gasteiger partial charge >= 0.3 is 0 Å². The summed E-state index contributed by atoms with van der Waals surface area (Å²) < 4.78 is 0. The zero-order chi connectivity index (χ0) is 11.4. The summed E-state index contributed by atoms with van der Waals surface area (Å²) in [4.78, 5) is 2.49. The summed E-state index contributed by atoms with van der Waals surface area (Å²) in [6, 6.07) is 16.7. The van der Waals surface area contributed by atoms with Crippen LogP contribution in [0.5, 0.6) is 0 Å². The molecule has 0 heterocycles. The van der Waals surface area contributed by atoms with E-state index in [0.717, 1.165) is 12.1 Å². The van der Waals surface area contributed by atoms with E-state index in [1.807, 2.05) is 24.3 Å². The highest BCUT2D eigenvalue weighted by molar-refractivity contribution is 7.99. The van der Waals surface area contributed by atoms with Crippen LogP contribution in [-0.4, -0.2) is 0 Å².